The molecule has 196 valence electrons. The van der Waals surface area contributed by atoms with Crippen molar-refractivity contribution in [2.75, 3.05) is 11.9 Å². The summed E-state index contributed by atoms with van der Waals surface area (Å²) in [6.45, 7) is 2.00. The van der Waals surface area contributed by atoms with Crippen molar-refractivity contribution in [3.63, 3.8) is 0 Å². The fraction of sp³-hybridized carbons (Fsp3) is 0.129. The molecule has 8 heteroatoms. The third kappa shape index (κ3) is 6.02. The van der Waals surface area contributed by atoms with Crippen molar-refractivity contribution in [3.8, 4) is 5.75 Å². The molecule has 5 rings (SSSR count). The maximum atomic E-state index is 12.9. The Hall–Kier alpha value is -4.43. The number of ether oxygens (including phenoxy) is 1. The van der Waals surface area contributed by atoms with Crippen LogP contribution in [-0.2, 0) is 22.6 Å². The molecule has 0 unspecified atom stereocenters. The van der Waals surface area contributed by atoms with E-state index in [-0.39, 0.29) is 12.2 Å². The third-order valence-corrected chi connectivity index (χ3v) is 7.03. The Kier molecular flexibility index (Phi) is 7.74. The van der Waals surface area contributed by atoms with Crippen molar-refractivity contribution in [2.45, 2.75) is 20.0 Å². The Balaban J connectivity index is 1.23. The van der Waals surface area contributed by atoms with E-state index in [1.807, 2.05) is 43.3 Å². The Morgan fingerprint density at radius 1 is 0.974 bits per heavy atom. The van der Waals surface area contributed by atoms with Crippen molar-refractivity contribution in [2.24, 2.45) is 0 Å². The second kappa shape index (κ2) is 11.5. The molecular weight excluding hydrogens is 558 g/mol. The number of urea groups is 1. The number of imide groups is 1. The largest absolute Gasteiger partial charge is 0.488 e. The van der Waals surface area contributed by atoms with Crippen LogP contribution in [0.2, 0.25) is 0 Å². The molecule has 0 atom stereocenters. The summed E-state index contributed by atoms with van der Waals surface area (Å²) >= 11 is 3.53. The van der Waals surface area contributed by atoms with Gasteiger partial charge in [-0.2, -0.15) is 0 Å². The number of hydrogen-bond acceptors (Lipinski definition) is 4. The monoisotopic (exact) mass is 583 g/mol. The zero-order valence-electron chi connectivity index (χ0n) is 21.2. The Labute approximate surface area is 234 Å². The number of nitrogens with one attached hydrogen (secondary N) is 2. The van der Waals surface area contributed by atoms with Crippen LogP contribution < -0.4 is 15.4 Å². The molecule has 4 amide bonds. The van der Waals surface area contributed by atoms with Crippen LogP contribution in [-0.4, -0.2) is 29.3 Å². The van der Waals surface area contributed by atoms with Crippen molar-refractivity contribution in [3.05, 3.63) is 112 Å². The molecule has 0 bridgehead atoms. The molecule has 39 heavy (non-hydrogen) atoms. The number of carbonyl (C=O) groups is 3. The number of halogens is 1. The second-order valence-corrected chi connectivity index (χ2v) is 9.95. The first kappa shape index (κ1) is 26.2. The van der Waals surface area contributed by atoms with Crippen molar-refractivity contribution in [1.82, 2.24) is 10.2 Å². The quantitative estimate of drug-likeness (QED) is 0.189. The van der Waals surface area contributed by atoms with Crippen LogP contribution in [0.3, 0.4) is 0 Å². The van der Waals surface area contributed by atoms with E-state index in [0.717, 1.165) is 27.8 Å². The van der Waals surface area contributed by atoms with Gasteiger partial charge in [0.15, 0.2) is 0 Å². The molecule has 2 N–H and O–H groups in total. The van der Waals surface area contributed by atoms with Gasteiger partial charge in [-0.05, 0) is 80.2 Å². The van der Waals surface area contributed by atoms with Crippen LogP contribution in [0.25, 0.3) is 16.8 Å². The number of para-hydroxylation sites is 1. The molecule has 1 saturated heterocycles. The molecule has 0 saturated carbocycles. The topological polar surface area (TPSA) is 87.7 Å². The van der Waals surface area contributed by atoms with E-state index in [9.17, 15) is 14.4 Å². The van der Waals surface area contributed by atoms with Gasteiger partial charge >= 0.3 is 6.03 Å². The average Bonchev–Trinajstić information content (AvgIpc) is 3.20. The summed E-state index contributed by atoms with van der Waals surface area (Å²) in [5.74, 6) is -0.360. The lowest BCUT2D eigenvalue weighted by atomic mass is 10.1. The van der Waals surface area contributed by atoms with Crippen LogP contribution in [0.15, 0.2) is 95.1 Å². The first-order chi connectivity index (χ1) is 18.9. The van der Waals surface area contributed by atoms with Gasteiger partial charge in [0.25, 0.3) is 5.91 Å². The van der Waals surface area contributed by atoms with E-state index in [4.69, 9.17) is 4.74 Å². The lowest BCUT2D eigenvalue weighted by Crippen LogP contribution is -2.38. The van der Waals surface area contributed by atoms with Crippen molar-refractivity contribution in [1.29, 1.82) is 0 Å². The van der Waals surface area contributed by atoms with Gasteiger partial charge in [0, 0.05) is 5.69 Å². The molecule has 1 heterocycles. The highest BCUT2D eigenvalue weighted by Gasteiger charge is 2.35. The minimum atomic E-state index is -0.639. The van der Waals surface area contributed by atoms with E-state index < -0.39 is 17.8 Å². The molecule has 0 aliphatic carbocycles. The second-order valence-electron chi connectivity index (χ2n) is 9.10. The molecule has 0 radical (unpaired) electrons. The van der Waals surface area contributed by atoms with Gasteiger partial charge in [-0.25, -0.2) is 9.69 Å². The average molecular weight is 584 g/mol. The van der Waals surface area contributed by atoms with Gasteiger partial charge in [0.1, 0.15) is 24.6 Å². The Morgan fingerprint density at radius 2 is 1.74 bits per heavy atom. The molecule has 0 spiro atoms. The van der Waals surface area contributed by atoms with E-state index in [0.29, 0.717) is 28.1 Å². The fourth-order valence-electron chi connectivity index (χ4n) is 4.38. The summed E-state index contributed by atoms with van der Waals surface area (Å²) in [6.07, 6.45) is 2.32. The molecular formula is C31H26BrN3O4. The summed E-state index contributed by atoms with van der Waals surface area (Å²) < 4.78 is 6.71. The summed E-state index contributed by atoms with van der Waals surface area (Å²) in [7, 11) is 0. The summed E-state index contributed by atoms with van der Waals surface area (Å²) in [5.41, 5.74) is 3.47. The normalized spacial score (nSPS) is 14.1. The summed E-state index contributed by atoms with van der Waals surface area (Å²) in [6, 6.07) is 26.6. The van der Waals surface area contributed by atoms with Crippen LogP contribution in [0, 0.1) is 0 Å². The highest BCUT2D eigenvalue weighted by Crippen LogP contribution is 2.28. The predicted octanol–water partition coefficient (Wildman–Crippen LogP) is 6.28. The molecule has 1 aliphatic heterocycles. The van der Waals surface area contributed by atoms with Gasteiger partial charge in [0.2, 0.25) is 5.91 Å². The lowest BCUT2D eigenvalue weighted by molar-refractivity contribution is -0.127. The van der Waals surface area contributed by atoms with Crippen molar-refractivity contribution < 1.29 is 19.1 Å². The summed E-state index contributed by atoms with van der Waals surface area (Å²) in [5, 5.41) is 7.68. The number of rotatable bonds is 8. The third-order valence-electron chi connectivity index (χ3n) is 6.41. The molecule has 1 aliphatic rings. The number of nitrogens with zero attached hydrogens (tertiary/aromatic N) is 1. The Bertz CT molecular complexity index is 1610. The first-order valence-corrected chi connectivity index (χ1v) is 13.3. The minimum Gasteiger partial charge on any atom is -0.488 e. The van der Waals surface area contributed by atoms with Gasteiger partial charge in [-0.3, -0.25) is 9.59 Å². The number of benzene rings is 4. The van der Waals surface area contributed by atoms with E-state index in [1.165, 1.54) is 5.39 Å². The van der Waals surface area contributed by atoms with Gasteiger partial charge in [0.05, 0.1) is 4.47 Å². The zero-order chi connectivity index (χ0) is 27.4. The molecule has 4 aromatic rings. The van der Waals surface area contributed by atoms with E-state index in [1.54, 1.807) is 30.3 Å². The Morgan fingerprint density at radius 3 is 2.54 bits per heavy atom. The van der Waals surface area contributed by atoms with Gasteiger partial charge in [-0.15, -0.1) is 0 Å². The molecule has 7 nitrogen and oxygen atoms in total. The fourth-order valence-corrected chi connectivity index (χ4v) is 4.89. The lowest BCUT2D eigenvalue weighted by Gasteiger charge is -2.13. The smallest absolute Gasteiger partial charge is 0.329 e. The molecule has 0 aromatic heterocycles. The summed E-state index contributed by atoms with van der Waals surface area (Å²) in [4.78, 5) is 38.8. The first-order valence-electron chi connectivity index (χ1n) is 12.5. The van der Waals surface area contributed by atoms with Gasteiger partial charge in [-0.1, -0.05) is 67.6 Å². The molecule has 1 fully saturated rings. The highest BCUT2D eigenvalue weighted by atomic mass is 79.9. The highest BCUT2D eigenvalue weighted by molar-refractivity contribution is 9.10. The zero-order valence-corrected chi connectivity index (χ0v) is 22.8. The number of anilines is 1. The number of fused-ring (bicyclic) bond motifs is 1. The minimum absolute atomic E-state index is 0.0958. The molecule has 4 aromatic carbocycles. The predicted molar refractivity (Wildman–Crippen MR) is 155 cm³/mol. The van der Waals surface area contributed by atoms with Crippen LogP contribution in [0.4, 0.5) is 10.5 Å². The maximum Gasteiger partial charge on any atom is 0.329 e. The SMILES string of the molecule is CCc1ccccc1NC(=O)CN1C(=O)N/C(=C/c2ccc(OCc3ccc4ccccc4c3)c(Br)c2)C1=O. The van der Waals surface area contributed by atoms with Crippen molar-refractivity contribution >= 4 is 56.3 Å². The number of aryl methyl sites for hydroxylation is 1. The number of carbonyl (C=O) groups excluding carboxylic acids is 3. The van der Waals surface area contributed by atoms with E-state index in [2.05, 4.69) is 50.8 Å². The van der Waals surface area contributed by atoms with E-state index >= 15 is 0 Å². The number of hydrogen-bond donors (Lipinski definition) is 2. The number of amides is 4. The van der Waals surface area contributed by atoms with Crippen LogP contribution in [0.5, 0.6) is 5.75 Å². The maximum absolute atomic E-state index is 12.9. The standard InChI is InChI=1S/C31H26BrN3O4/c1-2-22-7-5-6-10-26(22)33-29(36)18-35-30(37)27(34-31(35)38)17-20-12-14-28(25(32)16-20)39-19-21-11-13-23-8-3-4-9-24(23)15-21/h3-17H,2,18-19H2,1H3,(H,33,36)(H,34,38)/b27-17+. The van der Waals surface area contributed by atoms with Crippen LogP contribution in [0.1, 0.15) is 23.6 Å². The van der Waals surface area contributed by atoms with Gasteiger partial charge < -0.3 is 15.4 Å². The van der Waals surface area contributed by atoms with Crippen LogP contribution >= 0.6 is 15.9 Å².